The maximum atomic E-state index is 5.07. The molecule has 0 aromatic heterocycles. The first-order valence-electron chi connectivity index (χ1n) is 4.78. The Morgan fingerprint density at radius 1 is 1.42 bits per heavy atom. The molecule has 1 unspecified atom stereocenters. The maximum Gasteiger partial charge on any atom is 0.0613 e. The standard InChI is InChI=1S/C10H23NO/c1-6-7-10(3,4)11-9(2)8-12-5/h9,11H,6-8H2,1-5H3. The van der Waals surface area contributed by atoms with Crippen molar-refractivity contribution in [3.8, 4) is 0 Å². The van der Waals surface area contributed by atoms with Gasteiger partial charge in [-0.15, -0.1) is 0 Å². The van der Waals surface area contributed by atoms with Gasteiger partial charge in [0.05, 0.1) is 6.61 Å². The van der Waals surface area contributed by atoms with Crippen LogP contribution in [0.3, 0.4) is 0 Å². The molecule has 0 aliphatic carbocycles. The molecule has 0 bridgehead atoms. The van der Waals surface area contributed by atoms with Crippen molar-refractivity contribution in [3.63, 3.8) is 0 Å². The monoisotopic (exact) mass is 173 g/mol. The summed E-state index contributed by atoms with van der Waals surface area (Å²) in [6.07, 6.45) is 2.43. The van der Waals surface area contributed by atoms with Gasteiger partial charge in [0.1, 0.15) is 0 Å². The van der Waals surface area contributed by atoms with Crippen molar-refractivity contribution >= 4 is 0 Å². The predicted octanol–water partition coefficient (Wildman–Crippen LogP) is 2.19. The Bertz CT molecular complexity index is 112. The van der Waals surface area contributed by atoms with Gasteiger partial charge >= 0.3 is 0 Å². The van der Waals surface area contributed by atoms with Crippen LogP contribution >= 0.6 is 0 Å². The van der Waals surface area contributed by atoms with Crippen LogP contribution in [0.15, 0.2) is 0 Å². The summed E-state index contributed by atoms with van der Waals surface area (Å²) in [5, 5.41) is 3.53. The summed E-state index contributed by atoms with van der Waals surface area (Å²) in [5.41, 5.74) is 0.243. The number of rotatable bonds is 6. The molecule has 2 heteroatoms. The second kappa shape index (κ2) is 5.55. The molecule has 0 radical (unpaired) electrons. The van der Waals surface area contributed by atoms with Gasteiger partial charge in [0.15, 0.2) is 0 Å². The molecule has 1 N–H and O–H groups in total. The first kappa shape index (κ1) is 11.9. The van der Waals surface area contributed by atoms with E-state index in [-0.39, 0.29) is 5.54 Å². The lowest BCUT2D eigenvalue weighted by molar-refractivity contribution is 0.154. The Morgan fingerprint density at radius 3 is 2.42 bits per heavy atom. The third-order valence-corrected chi connectivity index (χ3v) is 1.93. The maximum absolute atomic E-state index is 5.07. The van der Waals surface area contributed by atoms with E-state index < -0.39 is 0 Å². The molecule has 0 saturated heterocycles. The molecule has 2 nitrogen and oxygen atoms in total. The lowest BCUT2D eigenvalue weighted by Crippen LogP contribution is -2.46. The number of methoxy groups -OCH3 is 1. The van der Waals surface area contributed by atoms with E-state index in [9.17, 15) is 0 Å². The average molecular weight is 173 g/mol. The Morgan fingerprint density at radius 2 is 2.00 bits per heavy atom. The van der Waals surface area contributed by atoms with Crippen molar-refractivity contribution in [3.05, 3.63) is 0 Å². The SMILES string of the molecule is CCCC(C)(C)NC(C)COC. The second-order valence-corrected chi connectivity index (χ2v) is 4.13. The summed E-state index contributed by atoms with van der Waals surface area (Å²) in [6, 6.07) is 0.441. The lowest BCUT2D eigenvalue weighted by atomic mass is 9.98. The van der Waals surface area contributed by atoms with Crippen LogP contribution in [0, 0.1) is 0 Å². The Hall–Kier alpha value is -0.0800. The van der Waals surface area contributed by atoms with E-state index in [1.165, 1.54) is 12.8 Å². The molecule has 0 aromatic rings. The quantitative estimate of drug-likeness (QED) is 0.665. The van der Waals surface area contributed by atoms with Gasteiger partial charge in [-0.05, 0) is 27.2 Å². The summed E-state index contributed by atoms with van der Waals surface area (Å²) in [6.45, 7) is 9.63. The summed E-state index contributed by atoms with van der Waals surface area (Å²) in [4.78, 5) is 0. The van der Waals surface area contributed by atoms with Gasteiger partial charge in [-0.25, -0.2) is 0 Å². The molecule has 0 amide bonds. The molecular weight excluding hydrogens is 150 g/mol. The average Bonchev–Trinajstić information content (AvgIpc) is 1.85. The molecule has 12 heavy (non-hydrogen) atoms. The van der Waals surface area contributed by atoms with Crippen molar-refractivity contribution in [1.29, 1.82) is 0 Å². The molecule has 0 rings (SSSR count). The smallest absolute Gasteiger partial charge is 0.0613 e. The van der Waals surface area contributed by atoms with Crippen LogP contribution in [-0.2, 0) is 4.74 Å². The van der Waals surface area contributed by atoms with Crippen LogP contribution in [0.4, 0.5) is 0 Å². The zero-order chi connectivity index (χ0) is 9.61. The largest absolute Gasteiger partial charge is 0.383 e. The van der Waals surface area contributed by atoms with E-state index in [0.29, 0.717) is 6.04 Å². The topological polar surface area (TPSA) is 21.3 Å². The molecule has 0 aliphatic heterocycles. The van der Waals surface area contributed by atoms with E-state index in [0.717, 1.165) is 6.61 Å². The first-order chi connectivity index (χ1) is 5.52. The minimum absolute atomic E-state index is 0.243. The highest BCUT2D eigenvalue weighted by molar-refractivity contribution is 4.79. The van der Waals surface area contributed by atoms with Gasteiger partial charge in [0.25, 0.3) is 0 Å². The third-order valence-electron chi connectivity index (χ3n) is 1.93. The molecule has 1 atom stereocenters. The van der Waals surface area contributed by atoms with Crippen molar-refractivity contribution < 1.29 is 4.74 Å². The normalized spacial score (nSPS) is 14.8. The van der Waals surface area contributed by atoms with Crippen LogP contribution in [0.25, 0.3) is 0 Å². The van der Waals surface area contributed by atoms with E-state index in [1.54, 1.807) is 7.11 Å². The summed E-state index contributed by atoms with van der Waals surface area (Å²) in [7, 11) is 1.74. The third kappa shape index (κ3) is 5.56. The molecule has 0 saturated carbocycles. The predicted molar refractivity (Wildman–Crippen MR) is 53.5 cm³/mol. The number of ether oxygens (including phenoxy) is 1. The fourth-order valence-corrected chi connectivity index (χ4v) is 1.66. The lowest BCUT2D eigenvalue weighted by Gasteiger charge is -2.29. The fraction of sp³-hybridized carbons (Fsp3) is 1.00. The highest BCUT2D eigenvalue weighted by atomic mass is 16.5. The van der Waals surface area contributed by atoms with Crippen LogP contribution < -0.4 is 5.32 Å². The van der Waals surface area contributed by atoms with E-state index in [1.807, 2.05) is 0 Å². The van der Waals surface area contributed by atoms with Crippen molar-refractivity contribution in [2.75, 3.05) is 13.7 Å². The minimum atomic E-state index is 0.243. The second-order valence-electron chi connectivity index (χ2n) is 4.13. The first-order valence-corrected chi connectivity index (χ1v) is 4.78. The number of hydrogen-bond acceptors (Lipinski definition) is 2. The van der Waals surface area contributed by atoms with E-state index >= 15 is 0 Å². The van der Waals surface area contributed by atoms with Crippen molar-refractivity contribution in [2.45, 2.75) is 52.1 Å². The van der Waals surface area contributed by atoms with Crippen molar-refractivity contribution in [2.24, 2.45) is 0 Å². The summed E-state index contributed by atoms with van der Waals surface area (Å²) in [5.74, 6) is 0. The van der Waals surface area contributed by atoms with E-state index in [4.69, 9.17) is 4.74 Å². The summed E-state index contributed by atoms with van der Waals surface area (Å²) >= 11 is 0. The van der Waals surface area contributed by atoms with Gasteiger partial charge in [0.2, 0.25) is 0 Å². The van der Waals surface area contributed by atoms with Gasteiger partial charge in [0, 0.05) is 18.7 Å². The number of hydrogen-bond donors (Lipinski definition) is 1. The van der Waals surface area contributed by atoms with E-state index in [2.05, 4.69) is 33.0 Å². The molecule has 0 heterocycles. The van der Waals surface area contributed by atoms with Gasteiger partial charge in [-0.2, -0.15) is 0 Å². The molecule has 0 aromatic carbocycles. The number of nitrogens with one attached hydrogen (secondary N) is 1. The zero-order valence-electron chi connectivity index (χ0n) is 9.11. The molecule has 0 aliphatic rings. The highest BCUT2D eigenvalue weighted by Gasteiger charge is 2.18. The van der Waals surface area contributed by atoms with Crippen LogP contribution in [0.5, 0.6) is 0 Å². The Labute approximate surface area is 76.7 Å². The molecular formula is C10H23NO. The van der Waals surface area contributed by atoms with Gasteiger partial charge in [-0.3, -0.25) is 0 Å². The molecule has 74 valence electrons. The molecule has 0 fully saturated rings. The van der Waals surface area contributed by atoms with Crippen molar-refractivity contribution in [1.82, 2.24) is 5.32 Å². The van der Waals surface area contributed by atoms with Crippen LogP contribution in [0.2, 0.25) is 0 Å². The van der Waals surface area contributed by atoms with Gasteiger partial charge < -0.3 is 10.1 Å². The fourth-order valence-electron chi connectivity index (χ4n) is 1.66. The highest BCUT2D eigenvalue weighted by Crippen LogP contribution is 2.11. The Balaban J connectivity index is 3.70. The van der Waals surface area contributed by atoms with Gasteiger partial charge in [-0.1, -0.05) is 13.3 Å². The minimum Gasteiger partial charge on any atom is -0.383 e. The summed E-state index contributed by atoms with van der Waals surface area (Å²) < 4.78 is 5.07. The van der Waals surface area contributed by atoms with Crippen LogP contribution in [0.1, 0.15) is 40.5 Å². The Kier molecular flexibility index (Phi) is 5.51. The zero-order valence-corrected chi connectivity index (χ0v) is 9.11. The molecule has 0 spiro atoms. The van der Waals surface area contributed by atoms with Crippen LogP contribution in [-0.4, -0.2) is 25.3 Å².